The second-order valence-corrected chi connectivity index (χ2v) is 6.10. The zero-order valence-electron chi connectivity index (χ0n) is 13.7. The number of hydrogen-bond acceptors (Lipinski definition) is 5. The van der Waals surface area contributed by atoms with Gasteiger partial charge in [0.05, 0.1) is 12.1 Å². The zero-order valence-corrected chi connectivity index (χ0v) is 14.5. The van der Waals surface area contributed by atoms with Crippen molar-refractivity contribution in [2.24, 2.45) is 5.11 Å². The molecule has 3 rings (SSSR count). The highest BCUT2D eigenvalue weighted by atomic mass is 35.5. The summed E-state index contributed by atoms with van der Waals surface area (Å²) in [6.45, 7) is 0. The first-order chi connectivity index (χ1) is 11.9. The molecule has 1 saturated carbocycles. The zero-order chi connectivity index (χ0) is 18.1. The van der Waals surface area contributed by atoms with Crippen LogP contribution in [0.1, 0.15) is 42.1 Å². The number of rotatable bonds is 3. The van der Waals surface area contributed by atoms with E-state index in [9.17, 15) is 19.8 Å². The van der Waals surface area contributed by atoms with E-state index in [4.69, 9.17) is 10.6 Å². The fraction of sp³-hybridized carbons (Fsp3) is 0.375. The van der Waals surface area contributed by atoms with Crippen LogP contribution >= 0.6 is 12.4 Å². The van der Waals surface area contributed by atoms with E-state index in [0.29, 0.717) is 18.2 Å². The number of benzene rings is 1. The summed E-state index contributed by atoms with van der Waals surface area (Å²) in [6, 6.07) is 3.39. The number of aromatic hydroxyl groups is 2. The Balaban J connectivity index is 0.00000243. The highest BCUT2D eigenvalue weighted by Gasteiger charge is 2.32. The molecule has 1 fully saturated rings. The molecule has 0 unspecified atom stereocenters. The van der Waals surface area contributed by atoms with E-state index in [1.54, 1.807) is 0 Å². The maximum Gasteiger partial charge on any atom is 0.404 e. The molecule has 0 bridgehead atoms. The van der Waals surface area contributed by atoms with Gasteiger partial charge in [-0.05, 0) is 31.0 Å². The van der Waals surface area contributed by atoms with Crippen LogP contribution in [0.15, 0.2) is 23.3 Å². The van der Waals surface area contributed by atoms with Crippen LogP contribution in [0.5, 0.6) is 11.8 Å². The fourth-order valence-electron chi connectivity index (χ4n) is 3.54. The lowest BCUT2D eigenvalue weighted by Crippen LogP contribution is -2.42. The van der Waals surface area contributed by atoms with Crippen molar-refractivity contribution in [2.75, 3.05) is 0 Å². The quantitative estimate of drug-likeness (QED) is 0.516. The van der Waals surface area contributed by atoms with E-state index >= 15 is 0 Å². The summed E-state index contributed by atoms with van der Waals surface area (Å²) in [5, 5.41) is 36.1. The maximum atomic E-state index is 11.6. The van der Waals surface area contributed by atoms with E-state index in [-0.39, 0.29) is 35.1 Å². The van der Waals surface area contributed by atoms with Gasteiger partial charge in [0.25, 0.3) is 5.91 Å². The Hall–Kier alpha value is -2.81. The number of carbonyl (C=O) groups excluding carboxylic acids is 1. The third-order valence-electron chi connectivity index (χ3n) is 4.68. The third-order valence-corrected chi connectivity index (χ3v) is 4.68. The van der Waals surface area contributed by atoms with Crippen molar-refractivity contribution in [1.82, 2.24) is 9.88 Å². The van der Waals surface area contributed by atoms with E-state index in [2.05, 4.69) is 10.4 Å². The minimum Gasteiger partial charge on any atom is -0.494 e. The van der Waals surface area contributed by atoms with Crippen LogP contribution < -0.4 is 5.32 Å². The van der Waals surface area contributed by atoms with Crippen LogP contribution in [-0.2, 0) is 0 Å². The van der Waals surface area contributed by atoms with Crippen molar-refractivity contribution in [1.29, 1.82) is 5.53 Å². The Morgan fingerprint density at radius 3 is 2.46 bits per heavy atom. The molecule has 2 atom stereocenters. The fourth-order valence-corrected chi connectivity index (χ4v) is 3.54. The Bertz CT molecular complexity index is 866. The van der Waals surface area contributed by atoms with Gasteiger partial charge in [0.1, 0.15) is 0 Å². The SMILES string of the molecule is Cl.N=NC(=O)c1ccc2c(O)n([C@@H]3CCCC[C@H]3NC(=O)O)c(O)c2c1. The van der Waals surface area contributed by atoms with Crippen LogP contribution in [0.25, 0.3) is 10.8 Å². The summed E-state index contributed by atoms with van der Waals surface area (Å²) in [4.78, 5) is 22.6. The summed E-state index contributed by atoms with van der Waals surface area (Å²) < 4.78 is 1.32. The number of hydrogen-bond donors (Lipinski definition) is 5. The highest BCUT2D eigenvalue weighted by Crippen LogP contribution is 2.43. The molecule has 2 aromatic rings. The van der Waals surface area contributed by atoms with Crippen LogP contribution in [-0.4, -0.2) is 37.9 Å². The molecule has 140 valence electrons. The molecule has 9 nitrogen and oxygen atoms in total. The van der Waals surface area contributed by atoms with E-state index < -0.39 is 24.1 Å². The van der Waals surface area contributed by atoms with Gasteiger partial charge in [-0.2, -0.15) is 0 Å². The first kappa shape index (κ1) is 19.5. The first-order valence-electron chi connectivity index (χ1n) is 7.91. The first-order valence-corrected chi connectivity index (χ1v) is 7.91. The third kappa shape index (κ3) is 3.30. The molecule has 10 heteroatoms. The number of nitrogens with one attached hydrogen (secondary N) is 2. The number of carboxylic acid groups (broad SMARTS) is 1. The van der Waals surface area contributed by atoms with Gasteiger partial charge in [-0.15, -0.1) is 17.5 Å². The molecule has 1 aromatic carbocycles. The van der Waals surface area contributed by atoms with Gasteiger partial charge in [-0.25, -0.2) is 10.3 Å². The predicted octanol–water partition coefficient (Wildman–Crippen LogP) is 3.40. The largest absolute Gasteiger partial charge is 0.494 e. The summed E-state index contributed by atoms with van der Waals surface area (Å²) in [6.07, 6.45) is 1.75. The number of carbonyl (C=O) groups is 2. The summed E-state index contributed by atoms with van der Waals surface area (Å²) >= 11 is 0. The van der Waals surface area contributed by atoms with Crippen molar-refractivity contribution in [3.8, 4) is 11.8 Å². The number of nitrogens with zero attached hydrogens (tertiary/aromatic N) is 2. The van der Waals surface area contributed by atoms with Gasteiger partial charge in [-0.1, -0.05) is 12.8 Å². The lowest BCUT2D eigenvalue weighted by Gasteiger charge is -2.33. The lowest BCUT2D eigenvalue weighted by molar-refractivity contribution is 0.0991. The number of aromatic nitrogens is 1. The van der Waals surface area contributed by atoms with Gasteiger partial charge in [-0.3, -0.25) is 9.36 Å². The molecule has 2 amide bonds. The Labute approximate surface area is 154 Å². The van der Waals surface area contributed by atoms with Crippen molar-refractivity contribution in [3.63, 3.8) is 0 Å². The minimum absolute atomic E-state index is 0. The predicted molar refractivity (Wildman–Crippen MR) is 94.4 cm³/mol. The normalized spacial score (nSPS) is 19.5. The maximum absolute atomic E-state index is 11.6. The smallest absolute Gasteiger partial charge is 0.404 e. The molecule has 1 heterocycles. The van der Waals surface area contributed by atoms with Gasteiger partial charge < -0.3 is 20.6 Å². The van der Waals surface area contributed by atoms with E-state index in [0.717, 1.165) is 12.8 Å². The lowest BCUT2D eigenvalue weighted by atomic mass is 9.90. The molecule has 1 aromatic heterocycles. The van der Waals surface area contributed by atoms with E-state index in [1.807, 2.05) is 0 Å². The highest BCUT2D eigenvalue weighted by molar-refractivity contribution is 6.01. The molecular weight excluding hydrogens is 364 g/mol. The van der Waals surface area contributed by atoms with Crippen molar-refractivity contribution in [2.45, 2.75) is 37.8 Å². The second kappa shape index (κ2) is 7.61. The van der Waals surface area contributed by atoms with Crippen molar-refractivity contribution in [3.05, 3.63) is 23.8 Å². The average molecular weight is 383 g/mol. The molecule has 26 heavy (non-hydrogen) atoms. The molecular formula is C16H19ClN4O5. The Morgan fingerprint density at radius 2 is 1.81 bits per heavy atom. The van der Waals surface area contributed by atoms with E-state index in [1.165, 1.54) is 22.8 Å². The topological polar surface area (TPSA) is 148 Å². The van der Waals surface area contributed by atoms with Crippen LogP contribution in [0.4, 0.5) is 4.79 Å². The average Bonchev–Trinajstić information content (AvgIpc) is 2.85. The van der Waals surface area contributed by atoms with Crippen molar-refractivity contribution < 1.29 is 24.9 Å². The molecule has 0 spiro atoms. The van der Waals surface area contributed by atoms with Crippen LogP contribution in [0.3, 0.4) is 0 Å². The Morgan fingerprint density at radius 1 is 1.15 bits per heavy atom. The standard InChI is InChI=1S/C16H18N4O5.ClH/c17-19-13(21)8-5-6-9-10(7-8)15(23)20(14(9)22)12-4-2-1-3-11(12)18-16(24)25;/h5-7,11-12,17-18,22-23H,1-4H2,(H,24,25);1H/t11-,12-;/m1./s1. The Kier molecular flexibility index (Phi) is 5.71. The molecule has 1 aliphatic rings. The van der Waals surface area contributed by atoms with Gasteiger partial charge in [0.2, 0.25) is 11.8 Å². The minimum atomic E-state index is -1.16. The van der Waals surface area contributed by atoms with Gasteiger partial charge in [0, 0.05) is 16.3 Å². The molecule has 0 radical (unpaired) electrons. The monoisotopic (exact) mass is 382 g/mol. The molecule has 1 aliphatic carbocycles. The van der Waals surface area contributed by atoms with Crippen molar-refractivity contribution >= 4 is 35.2 Å². The molecule has 5 N–H and O–H groups in total. The second-order valence-electron chi connectivity index (χ2n) is 6.10. The number of fused-ring (bicyclic) bond motifs is 1. The van der Waals surface area contributed by atoms with Gasteiger partial charge in [0.15, 0.2) is 0 Å². The summed E-state index contributed by atoms with van der Waals surface area (Å²) in [7, 11) is 0. The number of halogens is 1. The molecule has 0 aliphatic heterocycles. The van der Waals surface area contributed by atoms with Crippen LogP contribution in [0.2, 0.25) is 0 Å². The summed E-state index contributed by atoms with van der Waals surface area (Å²) in [5.41, 5.74) is 6.93. The molecule has 0 saturated heterocycles. The summed E-state index contributed by atoms with van der Waals surface area (Å²) in [5.74, 6) is -1.17. The number of amides is 2. The van der Waals surface area contributed by atoms with Gasteiger partial charge >= 0.3 is 6.09 Å². The van der Waals surface area contributed by atoms with Crippen LogP contribution in [0, 0.1) is 5.53 Å².